The molecule has 0 unspecified atom stereocenters. The van der Waals surface area contributed by atoms with E-state index < -0.39 is 0 Å². The van der Waals surface area contributed by atoms with Crippen LogP contribution in [0, 0.1) is 6.92 Å². The van der Waals surface area contributed by atoms with Gasteiger partial charge in [-0.25, -0.2) is 0 Å². The van der Waals surface area contributed by atoms with Crippen molar-refractivity contribution in [3.05, 3.63) is 22.7 Å². The topological polar surface area (TPSA) is 67.9 Å². The van der Waals surface area contributed by atoms with Crippen molar-refractivity contribution in [3.63, 3.8) is 0 Å². The van der Waals surface area contributed by atoms with Crippen molar-refractivity contribution in [2.45, 2.75) is 6.92 Å². The highest BCUT2D eigenvalue weighted by molar-refractivity contribution is 8.00. The first-order valence-electron chi connectivity index (χ1n) is 7.58. The summed E-state index contributed by atoms with van der Waals surface area (Å²) in [5, 5.41) is 3.37. The van der Waals surface area contributed by atoms with Gasteiger partial charge in [0.05, 0.1) is 37.5 Å². The fraction of sp³-hybridized carbons (Fsp3) is 0.500. The molecule has 1 fully saturated rings. The van der Waals surface area contributed by atoms with E-state index in [4.69, 9.17) is 21.1 Å². The number of nitrogens with one attached hydrogen (secondary N) is 1. The molecule has 132 valence electrons. The fourth-order valence-corrected chi connectivity index (χ4v) is 3.12. The summed E-state index contributed by atoms with van der Waals surface area (Å²) >= 11 is 7.34. The molecule has 0 spiro atoms. The number of thioether (sulfide) groups is 1. The summed E-state index contributed by atoms with van der Waals surface area (Å²) in [6.07, 6.45) is 0. The summed E-state index contributed by atoms with van der Waals surface area (Å²) in [6.45, 7) is 4.24. The number of ether oxygens (including phenoxy) is 2. The Morgan fingerprint density at radius 1 is 1.33 bits per heavy atom. The van der Waals surface area contributed by atoms with E-state index in [1.54, 1.807) is 17.0 Å². The Labute approximate surface area is 150 Å². The van der Waals surface area contributed by atoms with Crippen LogP contribution in [0.5, 0.6) is 5.75 Å². The van der Waals surface area contributed by atoms with E-state index >= 15 is 0 Å². The lowest BCUT2D eigenvalue weighted by Crippen LogP contribution is -2.41. The molecule has 0 bridgehead atoms. The van der Waals surface area contributed by atoms with Crippen molar-refractivity contribution in [3.8, 4) is 5.75 Å². The Morgan fingerprint density at radius 2 is 2.04 bits per heavy atom. The maximum Gasteiger partial charge on any atom is 0.234 e. The number of morpholine rings is 1. The van der Waals surface area contributed by atoms with Gasteiger partial charge >= 0.3 is 0 Å². The van der Waals surface area contributed by atoms with Gasteiger partial charge in [-0.15, -0.1) is 11.8 Å². The Balaban J connectivity index is 1.81. The number of methoxy groups -OCH3 is 1. The average Bonchev–Trinajstić information content (AvgIpc) is 2.58. The molecule has 2 rings (SSSR count). The monoisotopic (exact) mass is 372 g/mol. The number of aryl methyl sites for hydroxylation is 1. The molecule has 0 radical (unpaired) electrons. The normalized spacial score (nSPS) is 14.4. The second-order valence-corrected chi connectivity index (χ2v) is 6.73. The molecule has 0 saturated carbocycles. The van der Waals surface area contributed by atoms with Crippen LogP contribution in [0.2, 0.25) is 5.02 Å². The van der Waals surface area contributed by atoms with Gasteiger partial charge < -0.3 is 19.7 Å². The minimum atomic E-state index is -0.185. The molecule has 1 aromatic carbocycles. The summed E-state index contributed by atoms with van der Waals surface area (Å²) in [5.41, 5.74) is 1.42. The van der Waals surface area contributed by atoms with Gasteiger partial charge in [0, 0.05) is 24.2 Å². The molecule has 1 aliphatic heterocycles. The number of anilines is 1. The standard InChI is InChI=1S/C16H21ClN2O4S/c1-11-7-13(14(22-2)8-12(11)17)18-15(20)9-24-10-16(21)19-3-5-23-6-4-19/h7-8H,3-6,9-10H2,1-2H3,(H,18,20). The van der Waals surface area contributed by atoms with Crippen LogP contribution in [0.25, 0.3) is 0 Å². The molecule has 24 heavy (non-hydrogen) atoms. The zero-order valence-electron chi connectivity index (χ0n) is 13.8. The van der Waals surface area contributed by atoms with Gasteiger partial charge in [-0.1, -0.05) is 11.6 Å². The highest BCUT2D eigenvalue weighted by Gasteiger charge is 2.17. The molecule has 1 aliphatic rings. The first-order valence-corrected chi connectivity index (χ1v) is 9.11. The molecule has 0 aliphatic carbocycles. The molecule has 8 heteroatoms. The van der Waals surface area contributed by atoms with E-state index in [2.05, 4.69) is 5.32 Å². The number of hydrogen-bond donors (Lipinski definition) is 1. The van der Waals surface area contributed by atoms with E-state index in [1.807, 2.05) is 6.92 Å². The van der Waals surface area contributed by atoms with Crippen molar-refractivity contribution >= 4 is 40.9 Å². The summed E-state index contributed by atoms with van der Waals surface area (Å²) < 4.78 is 10.4. The summed E-state index contributed by atoms with van der Waals surface area (Å²) in [4.78, 5) is 25.8. The van der Waals surface area contributed by atoms with E-state index in [1.165, 1.54) is 18.9 Å². The highest BCUT2D eigenvalue weighted by Crippen LogP contribution is 2.31. The van der Waals surface area contributed by atoms with Gasteiger partial charge in [0.25, 0.3) is 0 Å². The number of halogens is 1. The van der Waals surface area contributed by atoms with Crippen LogP contribution < -0.4 is 10.1 Å². The lowest BCUT2D eigenvalue weighted by atomic mass is 10.2. The lowest BCUT2D eigenvalue weighted by molar-refractivity contribution is -0.132. The SMILES string of the molecule is COc1cc(Cl)c(C)cc1NC(=O)CSCC(=O)N1CCOCC1. The third kappa shape index (κ3) is 5.29. The van der Waals surface area contributed by atoms with Gasteiger partial charge in [0.2, 0.25) is 11.8 Å². The second kappa shape index (κ2) is 9.15. The van der Waals surface area contributed by atoms with Crippen LogP contribution in [-0.4, -0.2) is 61.6 Å². The van der Waals surface area contributed by atoms with Gasteiger partial charge in [-0.2, -0.15) is 0 Å². The van der Waals surface area contributed by atoms with Crippen molar-refractivity contribution in [2.24, 2.45) is 0 Å². The largest absolute Gasteiger partial charge is 0.495 e. The minimum absolute atomic E-state index is 0.0380. The molecule has 2 amide bonds. The number of amides is 2. The predicted molar refractivity (Wildman–Crippen MR) is 96.1 cm³/mol. The number of hydrogen-bond acceptors (Lipinski definition) is 5. The van der Waals surface area contributed by atoms with Crippen molar-refractivity contribution < 1.29 is 19.1 Å². The number of carbonyl (C=O) groups is 2. The molecule has 6 nitrogen and oxygen atoms in total. The van der Waals surface area contributed by atoms with Crippen LogP contribution in [0.1, 0.15) is 5.56 Å². The van der Waals surface area contributed by atoms with Crippen LogP contribution in [0.3, 0.4) is 0 Å². The summed E-state index contributed by atoms with van der Waals surface area (Å²) in [6, 6.07) is 3.43. The Bertz CT molecular complexity index is 606. The van der Waals surface area contributed by atoms with Crippen molar-refractivity contribution in [1.29, 1.82) is 0 Å². The van der Waals surface area contributed by atoms with Gasteiger partial charge in [0.15, 0.2) is 0 Å². The molecule has 1 saturated heterocycles. The van der Waals surface area contributed by atoms with Gasteiger partial charge in [-0.3, -0.25) is 9.59 Å². The summed E-state index contributed by atoms with van der Waals surface area (Å²) in [5.74, 6) is 0.838. The Hall–Kier alpha value is -1.44. The zero-order valence-corrected chi connectivity index (χ0v) is 15.3. The van der Waals surface area contributed by atoms with E-state index in [-0.39, 0.29) is 23.3 Å². The van der Waals surface area contributed by atoms with Crippen LogP contribution in [0.4, 0.5) is 5.69 Å². The molecule has 1 aromatic rings. The van der Waals surface area contributed by atoms with Gasteiger partial charge in [-0.05, 0) is 18.6 Å². The van der Waals surface area contributed by atoms with Crippen molar-refractivity contribution in [2.75, 3.05) is 50.2 Å². The predicted octanol–water partition coefficient (Wildman–Crippen LogP) is 2.19. The van der Waals surface area contributed by atoms with E-state index in [0.717, 1.165) is 5.56 Å². The first-order chi connectivity index (χ1) is 11.5. The van der Waals surface area contributed by atoms with Gasteiger partial charge in [0.1, 0.15) is 5.75 Å². The quantitative estimate of drug-likeness (QED) is 0.829. The number of nitrogens with zero attached hydrogens (tertiary/aromatic N) is 1. The fourth-order valence-electron chi connectivity index (χ4n) is 2.25. The third-order valence-corrected chi connectivity index (χ3v) is 4.90. The minimum Gasteiger partial charge on any atom is -0.495 e. The number of carbonyl (C=O) groups excluding carboxylic acids is 2. The zero-order chi connectivity index (χ0) is 17.5. The molecule has 0 atom stereocenters. The maximum absolute atomic E-state index is 12.1. The molecule has 1 N–H and O–H groups in total. The third-order valence-electron chi connectivity index (χ3n) is 3.58. The summed E-state index contributed by atoms with van der Waals surface area (Å²) in [7, 11) is 1.52. The van der Waals surface area contributed by atoms with E-state index in [9.17, 15) is 9.59 Å². The van der Waals surface area contributed by atoms with E-state index in [0.29, 0.717) is 42.8 Å². The maximum atomic E-state index is 12.1. The first kappa shape index (κ1) is 18.9. The molecular weight excluding hydrogens is 352 g/mol. The van der Waals surface area contributed by atoms with Crippen LogP contribution >= 0.6 is 23.4 Å². The lowest BCUT2D eigenvalue weighted by Gasteiger charge is -2.26. The van der Waals surface area contributed by atoms with Crippen molar-refractivity contribution in [1.82, 2.24) is 4.90 Å². The van der Waals surface area contributed by atoms with Crippen LogP contribution in [-0.2, 0) is 14.3 Å². The molecule has 0 aromatic heterocycles. The van der Waals surface area contributed by atoms with Crippen LogP contribution in [0.15, 0.2) is 12.1 Å². The highest BCUT2D eigenvalue weighted by atomic mass is 35.5. The number of benzene rings is 1. The average molecular weight is 373 g/mol. The Kier molecular flexibility index (Phi) is 7.20. The number of rotatable bonds is 6. The molecule has 1 heterocycles. The second-order valence-electron chi connectivity index (χ2n) is 5.34. The Morgan fingerprint density at radius 3 is 2.71 bits per heavy atom. The smallest absolute Gasteiger partial charge is 0.234 e. The molecular formula is C16H21ClN2O4S.